The first-order valence-electron chi connectivity index (χ1n) is 9.90. The van der Waals surface area contributed by atoms with E-state index in [0.717, 1.165) is 15.6 Å². The van der Waals surface area contributed by atoms with Crippen molar-refractivity contribution in [3.63, 3.8) is 0 Å². The van der Waals surface area contributed by atoms with Crippen LogP contribution in [0, 0.1) is 5.41 Å². The van der Waals surface area contributed by atoms with Gasteiger partial charge < -0.3 is 10.4 Å². The smallest absolute Gasteiger partial charge is 0.321 e. The molecule has 158 valence electrons. The zero-order chi connectivity index (χ0) is 21.8. The summed E-state index contributed by atoms with van der Waals surface area (Å²) in [7, 11) is 0. The van der Waals surface area contributed by atoms with E-state index in [4.69, 9.17) is 11.6 Å². The molecule has 1 fully saturated rings. The summed E-state index contributed by atoms with van der Waals surface area (Å²) < 4.78 is 0.841. The maximum atomic E-state index is 13.7. The van der Waals surface area contributed by atoms with Crippen molar-refractivity contribution >= 4 is 45.1 Å². The van der Waals surface area contributed by atoms with Gasteiger partial charge in [-0.15, -0.1) is 0 Å². The van der Waals surface area contributed by atoms with Crippen LogP contribution in [0.5, 0.6) is 0 Å². The van der Waals surface area contributed by atoms with E-state index in [2.05, 4.69) is 47.3 Å². The Morgan fingerprint density at radius 2 is 1.97 bits per heavy atom. The average molecular weight is 492 g/mol. The van der Waals surface area contributed by atoms with E-state index >= 15 is 0 Å². The van der Waals surface area contributed by atoms with Crippen molar-refractivity contribution in [3.05, 3.63) is 63.1 Å². The Labute approximate surface area is 189 Å². The van der Waals surface area contributed by atoms with Gasteiger partial charge in [0.15, 0.2) is 0 Å². The van der Waals surface area contributed by atoms with E-state index in [0.29, 0.717) is 17.1 Å². The number of anilines is 1. The Morgan fingerprint density at radius 3 is 2.60 bits per heavy atom. The van der Waals surface area contributed by atoms with E-state index in [1.54, 1.807) is 12.1 Å². The van der Waals surface area contributed by atoms with Gasteiger partial charge in [-0.25, -0.2) is 0 Å². The molecule has 2 aromatic rings. The highest BCUT2D eigenvalue weighted by atomic mass is 79.9. The Bertz CT molecular complexity index is 1040. The van der Waals surface area contributed by atoms with Crippen LogP contribution in [0.2, 0.25) is 5.02 Å². The fourth-order valence-corrected chi connectivity index (χ4v) is 5.70. The lowest BCUT2D eigenvalue weighted by Gasteiger charge is -2.37. The first-order valence-corrected chi connectivity index (χ1v) is 11.1. The van der Waals surface area contributed by atoms with Crippen molar-refractivity contribution in [1.82, 2.24) is 5.32 Å². The van der Waals surface area contributed by atoms with E-state index in [-0.39, 0.29) is 17.4 Å². The normalized spacial score (nSPS) is 27.9. The number of carboxylic acid groups (broad SMARTS) is 1. The molecule has 0 radical (unpaired) electrons. The summed E-state index contributed by atoms with van der Waals surface area (Å²) in [6, 6.07) is 11.7. The van der Waals surface area contributed by atoms with Crippen molar-refractivity contribution in [1.29, 1.82) is 0 Å². The van der Waals surface area contributed by atoms with Crippen LogP contribution >= 0.6 is 27.5 Å². The zero-order valence-electron chi connectivity index (χ0n) is 17.0. The summed E-state index contributed by atoms with van der Waals surface area (Å²) in [6.45, 7) is 6.29. The SMILES string of the molecule is CC(C)(C)C[C@H]1N[C@@H](C(=O)O)[C@H](c2cccc(Br)c2)[C@@]12C(=O)Nc1cc(Cl)ccc12. The van der Waals surface area contributed by atoms with E-state index in [1.807, 2.05) is 30.3 Å². The second-order valence-corrected chi connectivity index (χ2v) is 10.7. The number of fused-ring (bicyclic) bond motifs is 2. The molecule has 2 aromatic carbocycles. The van der Waals surface area contributed by atoms with Crippen molar-refractivity contribution in [3.8, 4) is 0 Å². The molecule has 0 unspecified atom stereocenters. The maximum Gasteiger partial charge on any atom is 0.321 e. The van der Waals surface area contributed by atoms with Crippen LogP contribution < -0.4 is 10.6 Å². The number of benzene rings is 2. The van der Waals surface area contributed by atoms with Gasteiger partial charge >= 0.3 is 5.97 Å². The first kappa shape index (κ1) is 21.3. The molecule has 0 aliphatic carbocycles. The zero-order valence-corrected chi connectivity index (χ0v) is 19.3. The predicted molar refractivity (Wildman–Crippen MR) is 121 cm³/mol. The largest absolute Gasteiger partial charge is 0.480 e. The molecule has 3 N–H and O–H groups in total. The Morgan fingerprint density at radius 1 is 1.23 bits per heavy atom. The summed E-state index contributed by atoms with van der Waals surface area (Å²) in [6.07, 6.45) is 0.636. The molecular weight excluding hydrogens is 468 g/mol. The van der Waals surface area contributed by atoms with Gasteiger partial charge in [0.25, 0.3) is 0 Å². The molecule has 7 heteroatoms. The standard InChI is InChI=1S/C23H24BrClN2O3/c1-22(2,3)11-17-23(15-8-7-14(25)10-16(15)26-21(23)30)18(19(27-17)20(28)29)12-5-4-6-13(24)9-12/h4-10,17-19,27H,11H2,1-3H3,(H,26,30)(H,28,29)/t17-,18+,19-,23+/m1/s1. The van der Waals surface area contributed by atoms with Gasteiger partial charge in [0.2, 0.25) is 5.91 Å². The number of nitrogens with one attached hydrogen (secondary N) is 2. The number of hydrogen-bond donors (Lipinski definition) is 3. The monoisotopic (exact) mass is 490 g/mol. The number of carbonyl (C=O) groups excluding carboxylic acids is 1. The molecule has 1 spiro atoms. The van der Waals surface area contributed by atoms with Gasteiger partial charge in [0.1, 0.15) is 11.5 Å². The van der Waals surface area contributed by atoms with Crippen LogP contribution in [0.25, 0.3) is 0 Å². The number of hydrogen-bond acceptors (Lipinski definition) is 3. The van der Waals surface area contributed by atoms with Crippen LogP contribution in [-0.2, 0) is 15.0 Å². The minimum Gasteiger partial charge on any atom is -0.480 e. The molecule has 0 aromatic heterocycles. The van der Waals surface area contributed by atoms with E-state index < -0.39 is 23.3 Å². The topological polar surface area (TPSA) is 78.4 Å². The highest BCUT2D eigenvalue weighted by Gasteiger charge is 2.65. The maximum absolute atomic E-state index is 13.7. The predicted octanol–water partition coefficient (Wildman–Crippen LogP) is 4.94. The van der Waals surface area contributed by atoms with Crippen molar-refractivity contribution < 1.29 is 14.7 Å². The molecule has 2 aliphatic heterocycles. The third kappa shape index (κ3) is 3.35. The van der Waals surface area contributed by atoms with Crippen LogP contribution in [-0.4, -0.2) is 29.1 Å². The third-order valence-corrected chi connectivity index (χ3v) is 6.82. The molecule has 5 nitrogen and oxygen atoms in total. The van der Waals surface area contributed by atoms with Crippen molar-refractivity contribution in [2.45, 2.75) is 50.6 Å². The van der Waals surface area contributed by atoms with Gasteiger partial charge in [-0.05, 0) is 47.2 Å². The van der Waals surface area contributed by atoms with Gasteiger partial charge in [-0.3, -0.25) is 14.9 Å². The first-order chi connectivity index (χ1) is 14.0. The molecular formula is C23H24BrClN2O3. The molecule has 30 heavy (non-hydrogen) atoms. The minimum atomic E-state index is -1.06. The van der Waals surface area contributed by atoms with Crippen LogP contribution in [0.4, 0.5) is 5.69 Å². The lowest BCUT2D eigenvalue weighted by Crippen LogP contribution is -2.49. The fraction of sp³-hybridized carbons (Fsp3) is 0.391. The summed E-state index contributed by atoms with van der Waals surface area (Å²) in [5.74, 6) is -1.73. The number of amides is 1. The molecule has 1 saturated heterocycles. The quantitative estimate of drug-likeness (QED) is 0.568. The average Bonchev–Trinajstić information content (AvgIpc) is 3.10. The number of rotatable bonds is 3. The summed E-state index contributed by atoms with van der Waals surface area (Å²) in [4.78, 5) is 26.1. The Hall–Kier alpha value is -1.89. The Balaban J connectivity index is 2.00. The van der Waals surface area contributed by atoms with Gasteiger partial charge in [0.05, 0.1) is 0 Å². The second-order valence-electron chi connectivity index (χ2n) is 9.35. The third-order valence-electron chi connectivity index (χ3n) is 6.10. The second kappa shape index (κ2) is 7.36. The minimum absolute atomic E-state index is 0.116. The molecule has 4 atom stereocenters. The lowest BCUT2D eigenvalue weighted by atomic mass is 9.62. The van der Waals surface area contributed by atoms with Gasteiger partial charge in [-0.2, -0.15) is 0 Å². The highest BCUT2D eigenvalue weighted by molar-refractivity contribution is 9.10. The Kier molecular flexibility index (Phi) is 5.24. The molecule has 1 amide bonds. The summed E-state index contributed by atoms with van der Waals surface area (Å²) in [5, 5.41) is 17.0. The molecule has 2 heterocycles. The molecule has 2 aliphatic rings. The van der Waals surface area contributed by atoms with Crippen molar-refractivity contribution in [2.24, 2.45) is 5.41 Å². The number of carbonyl (C=O) groups is 2. The van der Waals surface area contributed by atoms with Gasteiger partial charge in [0, 0.05) is 27.1 Å². The van der Waals surface area contributed by atoms with Crippen molar-refractivity contribution in [2.75, 3.05) is 5.32 Å². The van der Waals surface area contributed by atoms with Crippen LogP contribution in [0.3, 0.4) is 0 Å². The number of carboxylic acids is 1. The molecule has 0 bridgehead atoms. The van der Waals surface area contributed by atoms with Crippen LogP contribution in [0.1, 0.15) is 44.2 Å². The highest BCUT2D eigenvalue weighted by Crippen LogP contribution is 2.56. The molecule has 4 rings (SSSR count). The lowest BCUT2D eigenvalue weighted by molar-refractivity contribution is -0.139. The van der Waals surface area contributed by atoms with Crippen LogP contribution in [0.15, 0.2) is 46.9 Å². The number of aliphatic carboxylic acids is 1. The van der Waals surface area contributed by atoms with E-state index in [9.17, 15) is 14.7 Å². The van der Waals surface area contributed by atoms with E-state index in [1.165, 1.54) is 0 Å². The summed E-state index contributed by atoms with van der Waals surface area (Å²) in [5.41, 5.74) is 1.08. The van der Waals surface area contributed by atoms with Gasteiger partial charge in [-0.1, -0.05) is 66.5 Å². The molecule has 0 saturated carbocycles. The number of halogens is 2. The summed E-state index contributed by atoms with van der Waals surface area (Å²) >= 11 is 9.69. The fourth-order valence-electron chi connectivity index (χ4n) is 5.11.